The van der Waals surface area contributed by atoms with Gasteiger partial charge in [-0.2, -0.15) is 0 Å². The molecule has 3 atom stereocenters. The highest BCUT2D eigenvalue weighted by atomic mass is 35.5. The number of piperidine rings is 1. The Balaban J connectivity index is 0.00000144. The molecule has 2 aliphatic rings. The molecule has 17 heavy (non-hydrogen) atoms. The van der Waals surface area contributed by atoms with Crippen LogP contribution in [0.15, 0.2) is 0 Å². The van der Waals surface area contributed by atoms with E-state index in [2.05, 4.69) is 24.5 Å². The van der Waals surface area contributed by atoms with Gasteiger partial charge in [-0.15, -0.1) is 12.4 Å². The zero-order valence-electron chi connectivity index (χ0n) is 10.9. The summed E-state index contributed by atoms with van der Waals surface area (Å²) >= 11 is 0. The Labute approximate surface area is 111 Å². The van der Waals surface area contributed by atoms with Crippen LogP contribution in [0.3, 0.4) is 0 Å². The Kier molecular flexibility index (Phi) is 5.26. The van der Waals surface area contributed by atoms with Gasteiger partial charge in [0.15, 0.2) is 0 Å². The van der Waals surface area contributed by atoms with Gasteiger partial charge < -0.3 is 10.6 Å². The van der Waals surface area contributed by atoms with E-state index in [4.69, 9.17) is 0 Å². The third-order valence-corrected chi connectivity index (χ3v) is 4.32. The van der Waals surface area contributed by atoms with Crippen molar-refractivity contribution in [2.45, 2.75) is 52.0 Å². The lowest BCUT2D eigenvalue weighted by Crippen LogP contribution is -2.51. The summed E-state index contributed by atoms with van der Waals surface area (Å²) in [5.41, 5.74) is -0.180. The summed E-state index contributed by atoms with van der Waals surface area (Å²) in [5.74, 6) is 0.919. The minimum atomic E-state index is -0.180. The molecule has 0 aromatic heterocycles. The van der Waals surface area contributed by atoms with Crippen molar-refractivity contribution in [1.82, 2.24) is 10.6 Å². The lowest BCUT2D eigenvalue weighted by Gasteiger charge is -2.34. The summed E-state index contributed by atoms with van der Waals surface area (Å²) in [6, 6.07) is 0.422. The standard InChI is InChI=1S/C13H24N2O.ClH/c1-10-5-3-6-11(10)15-12(16)13(2)7-4-8-14-9-13;/h10-11,14H,3-9H2,1-2H3,(H,15,16);1H. The van der Waals surface area contributed by atoms with Gasteiger partial charge in [-0.3, -0.25) is 4.79 Å². The molecule has 1 heterocycles. The molecule has 2 N–H and O–H groups in total. The number of carbonyl (C=O) groups is 1. The second-order valence-corrected chi connectivity index (χ2v) is 5.83. The summed E-state index contributed by atoms with van der Waals surface area (Å²) in [4.78, 5) is 12.3. The lowest BCUT2D eigenvalue weighted by atomic mass is 9.81. The molecule has 0 spiro atoms. The Morgan fingerprint density at radius 1 is 1.35 bits per heavy atom. The van der Waals surface area contributed by atoms with Gasteiger partial charge in [0.05, 0.1) is 5.41 Å². The molecule has 1 aliphatic heterocycles. The minimum absolute atomic E-state index is 0. The van der Waals surface area contributed by atoms with Crippen LogP contribution in [0.1, 0.15) is 46.0 Å². The summed E-state index contributed by atoms with van der Waals surface area (Å²) in [5, 5.41) is 6.59. The molecule has 100 valence electrons. The number of carbonyl (C=O) groups excluding carboxylic acids is 1. The van der Waals surface area contributed by atoms with Gasteiger partial charge in [0, 0.05) is 12.6 Å². The molecule has 1 saturated heterocycles. The Morgan fingerprint density at radius 2 is 2.12 bits per heavy atom. The van der Waals surface area contributed by atoms with Crippen LogP contribution < -0.4 is 10.6 Å². The highest BCUT2D eigenvalue weighted by Crippen LogP contribution is 2.29. The Bertz CT molecular complexity index is 264. The highest BCUT2D eigenvalue weighted by Gasteiger charge is 2.36. The van der Waals surface area contributed by atoms with Gasteiger partial charge in [-0.05, 0) is 45.1 Å². The van der Waals surface area contributed by atoms with E-state index in [1.807, 2.05) is 0 Å². The van der Waals surface area contributed by atoms with E-state index in [0.29, 0.717) is 12.0 Å². The fourth-order valence-corrected chi connectivity index (χ4v) is 2.95. The minimum Gasteiger partial charge on any atom is -0.353 e. The first-order valence-corrected chi connectivity index (χ1v) is 6.63. The Morgan fingerprint density at radius 3 is 2.65 bits per heavy atom. The zero-order valence-corrected chi connectivity index (χ0v) is 11.7. The number of rotatable bonds is 2. The van der Waals surface area contributed by atoms with E-state index >= 15 is 0 Å². The first-order valence-electron chi connectivity index (χ1n) is 6.63. The van der Waals surface area contributed by atoms with E-state index in [1.54, 1.807) is 0 Å². The van der Waals surface area contributed by atoms with Crippen molar-refractivity contribution in [1.29, 1.82) is 0 Å². The SMILES string of the molecule is CC1CCCC1NC(=O)C1(C)CCCNC1.Cl. The molecule has 0 bridgehead atoms. The van der Waals surface area contributed by atoms with Crippen LogP contribution in [-0.2, 0) is 4.79 Å². The van der Waals surface area contributed by atoms with Gasteiger partial charge in [0.25, 0.3) is 0 Å². The first-order chi connectivity index (χ1) is 7.62. The number of amides is 1. The average Bonchev–Trinajstić information content (AvgIpc) is 2.65. The van der Waals surface area contributed by atoms with Crippen molar-refractivity contribution in [2.75, 3.05) is 13.1 Å². The van der Waals surface area contributed by atoms with Crippen molar-refractivity contribution in [2.24, 2.45) is 11.3 Å². The van der Waals surface area contributed by atoms with Crippen molar-refractivity contribution >= 4 is 18.3 Å². The van der Waals surface area contributed by atoms with Crippen molar-refractivity contribution in [3.8, 4) is 0 Å². The smallest absolute Gasteiger partial charge is 0.227 e. The summed E-state index contributed by atoms with van der Waals surface area (Å²) in [7, 11) is 0. The molecule has 0 radical (unpaired) electrons. The number of nitrogens with one attached hydrogen (secondary N) is 2. The van der Waals surface area contributed by atoms with E-state index in [0.717, 1.165) is 32.4 Å². The van der Waals surface area contributed by atoms with Gasteiger partial charge >= 0.3 is 0 Å². The van der Waals surface area contributed by atoms with E-state index in [9.17, 15) is 4.79 Å². The summed E-state index contributed by atoms with van der Waals surface area (Å²) in [6.45, 7) is 6.23. The van der Waals surface area contributed by atoms with Crippen molar-refractivity contribution in [3.63, 3.8) is 0 Å². The van der Waals surface area contributed by atoms with Crippen LogP contribution in [0.5, 0.6) is 0 Å². The third kappa shape index (κ3) is 3.35. The topological polar surface area (TPSA) is 41.1 Å². The van der Waals surface area contributed by atoms with Crippen LogP contribution in [0.25, 0.3) is 0 Å². The van der Waals surface area contributed by atoms with Crippen LogP contribution >= 0.6 is 12.4 Å². The molecule has 2 fully saturated rings. The maximum absolute atomic E-state index is 12.3. The highest BCUT2D eigenvalue weighted by molar-refractivity contribution is 5.85. The molecular formula is C13H25ClN2O. The first kappa shape index (κ1) is 14.8. The monoisotopic (exact) mass is 260 g/mol. The molecule has 3 nitrogen and oxygen atoms in total. The number of hydrogen-bond donors (Lipinski definition) is 2. The van der Waals surface area contributed by atoms with Crippen molar-refractivity contribution < 1.29 is 4.79 Å². The molecular weight excluding hydrogens is 236 g/mol. The Hall–Kier alpha value is -0.280. The quantitative estimate of drug-likeness (QED) is 0.799. The van der Waals surface area contributed by atoms with Crippen LogP contribution in [0.4, 0.5) is 0 Å². The van der Waals surface area contributed by atoms with Gasteiger partial charge in [0.2, 0.25) is 5.91 Å². The second-order valence-electron chi connectivity index (χ2n) is 5.83. The maximum atomic E-state index is 12.3. The van der Waals surface area contributed by atoms with E-state index < -0.39 is 0 Å². The fraction of sp³-hybridized carbons (Fsp3) is 0.923. The number of hydrogen-bond acceptors (Lipinski definition) is 2. The molecule has 1 aliphatic carbocycles. The average molecular weight is 261 g/mol. The zero-order chi connectivity index (χ0) is 11.6. The molecule has 4 heteroatoms. The molecule has 0 aromatic carbocycles. The molecule has 0 aromatic rings. The third-order valence-electron chi connectivity index (χ3n) is 4.32. The van der Waals surface area contributed by atoms with Crippen LogP contribution in [-0.4, -0.2) is 25.0 Å². The predicted molar refractivity (Wildman–Crippen MR) is 72.4 cm³/mol. The van der Waals surface area contributed by atoms with E-state index in [-0.39, 0.29) is 23.7 Å². The van der Waals surface area contributed by atoms with Gasteiger partial charge in [-0.1, -0.05) is 13.3 Å². The largest absolute Gasteiger partial charge is 0.353 e. The maximum Gasteiger partial charge on any atom is 0.227 e. The molecule has 1 amide bonds. The molecule has 3 unspecified atom stereocenters. The predicted octanol–water partition coefficient (Wildman–Crippen LogP) is 2.10. The fourth-order valence-electron chi connectivity index (χ4n) is 2.95. The summed E-state index contributed by atoms with van der Waals surface area (Å²) < 4.78 is 0. The second kappa shape index (κ2) is 6.05. The van der Waals surface area contributed by atoms with Crippen molar-refractivity contribution in [3.05, 3.63) is 0 Å². The van der Waals surface area contributed by atoms with Crippen LogP contribution in [0.2, 0.25) is 0 Å². The lowest BCUT2D eigenvalue weighted by molar-refractivity contribution is -0.132. The van der Waals surface area contributed by atoms with Gasteiger partial charge in [0.1, 0.15) is 0 Å². The number of halogens is 1. The van der Waals surface area contributed by atoms with E-state index in [1.165, 1.54) is 12.8 Å². The summed E-state index contributed by atoms with van der Waals surface area (Å²) in [6.07, 6.45) is 5.83. The van der Waals surface area contributed by atoms with Crippen LogP contribution in [0, 0.1) is 11.3 Å². The normalized spacial score (nSPS) is 37.3. The van der Waals surface area contributed by atoms with Gasteiger partial charge in [-0.25, -0.2) is 0 Å². The molecule has 1 saturated carbocycles. The molecule has 2 rings (SSSR count).